The number of carbonyl (C=O) groups is 2. The van der Waals surface area contributed by atoms with Crippen molar-refractivity contribution in [2.24, 2.45) is 5.92 Å². The maximum absolute atomic E-state index is 13.7. The van der Waals surface area contributed by atoms with Gasteiger partial charge in [-0.05, 0) is 68.4 Å². The standard InChI is InChI=1S/C25H33N5O5S/c26-23-9-4-14-29(23)16-12-21(25(33)30-15-3-6-18(17-30)5-1-10-24(31)32)28-36(34,35)22-8-2-7-20-19(22)11-13-27-20/h2,4,7-9,11,13-14,18,21,27-28H,1,3,5-6,10,12,15-17,26H2,(H,31,32). The number of rotatable bonds is 11. The Morgan fingerprint density at radius 1 is 1.22 bits per heavy atom. The second kappa shape index (κ2) is 11.2. The van der Waals surface area contributed by atoms with Crippen molar-refractivity contribution in [3.63, 3.8) is 0 Å². The number of nitrogen functional groups attached to an aromatic ring is 1. The zero-order valence-electron chi connectivity index (χ0n) is 20.1. The Hall–Kier alpha value is -3.31. The van der Waals surface area contributed by atoms with Crippen LogP contribution in [0.5, 0.6) is 0 Å². The molecule has 1 aliphatic heterocycles. The van der Waals surface area contributed by atoms with Crippen LogP contribution in [0.4, 0.5) is 5.82 Å². The quantitative estimate of drug-likeness (QED) is 0.308. The molecule has 194 valence electrons. The molecule has 0 saturated carbocycles. The number of carboxylic acid groups (broad SMARTS) is 1. The van der Waals surface area contributed by atoms with Crippen molar-refractivity contribution in [3.8, 4) is 0 Å². The number of likely N-dealkylation sites (tertiary alicyclic amines) is 1. The Morgan fingerprint density at radius 2 is 2.06 bits per heavy atom. The highest BCUT2D eigenvalue weighted by molar-refractivity contribution is 7.89. The first kappa shape index (κ1) is 25.8. The van der Waals surface area contributed by atoms with Gasteiger partial charge in [0.1, 0.15) is 11.9 Å². The van der Waals surface area contributed by atoms with Crippen LogP contribution >= 0.6 is 0 Å². The predicted molar refractivity (Wildman–Crippen MR) is 137 cm³/mol. The minimum atomic E-state index is -4.00. The summed E-state index contributed by atoms with van der Waals surface area (Å²) in [6, 6.07) is 9.27. The number of aryl methyl sites for hydroxylation is 1. The van der Waals surface area contributed by atoms with Crippen molar-refractivity contribution in [1.29, 1.82) is 0 Å². The molecule has 0 radical (unpaired) electrons. The monoisotopic (exact) mass is 515 g/mol. The Morgan fingerprint density at radius 3 is 2.81 bits per heavy atom. The third-order valence-corrected chi connectivity index (χ3v) is 8.33. The molecule has 2 aromatic heterocycles. The fourth-order valence-corrected chi connectivity index (χ4v) is 6.38. The van der Waals surface area contributed by atoms with Crippen molar-refractivity contribution >= 4 is 38.6 Å². The molecule has 2 atom stereocenters. The van der Waals surface area contributed by atoms with E-state index in [4.69, 9.17) is 10.8 Å². The van der Waals surface area contributed by atoms with E-state index in [1.807, 2.05) is 0 Å². The minimum absolute atomic E-state index is 0.107. The van der Waals surface area contributed by atoms with Gasteiger partial charge in [0, 0.05) is 49.4 Å². The number of carbonyl (C=O) groups excluding carboxylic acids is 1. The fraction of sp³-hybridized carbons (Fsp3) is 0.440. The molecule has 5 N–H and O–H groups in total. The Kier molecular flexibility index (Phi) is 8.00. The van der Waals surface area contributed by atoms with Crippen LogP contribution in [0.25, 0.3) is 10.9 Å². The van der Waals surface area contributed by atoms with Gasteiger partial charge in [-0.15, -0.1) is 0 Å². The van der Waals surface area contributed by atoms with Crippen LogP contribution in [-0.4, -0.2) is 59.0 Å². The average molecular weight is 516 g/mol. The number of carboxylic acids is 1. The van der Waals surface area contributed by atoms with Gasteiger partial charge < -0.3 is 25.3 Å². The van der Waals surface area contributed by atoms with Gasteiger partial charge in [-0.3, -0.25) is 9.59 Å². The largest absolute Gasteiger partial charge is 0.481 e. The van der Waals surface area contributed by atoms with E-state index in [1.165, 1.54) is 6.07 Å². The first-order chi connectivity index (χ1) is 17.2. The maximum atomic E-state index is 13.7. The number of hydrogen-bond acceptors (Lipinski definition) is 5. The molecule has 4 rings (SSSR count). The molecule has 0 spiro atoms. The molecule has 0 aliphatic carbocycles. The zero-order chi connectivity index (χ0) is 25.7. The molecule has 1 amide bonds. The fourth-order valence-electron chi connectivity index (χ4n) is 4.94. The summed E-state index contributed by atoms with van der Waals surface area (Å²) in [7, 11) is -4.00. The van der Waals surface area contributed by atoms with E-state index in [2.05, 4.69) is 9.71 Å². The molecule has 1 saturated heterocycles. The second-order valence-corrected chi connectivity index (χ2v) is 11.0. The summed E-state index contributed by atoms with van der Waals surface area (Å²) in [5.41, 5.74) is 6.68. The number of aromatic nitrogens is 2. The highest BCUT2D eigenvalue weighted by Gasteiger charge is 2.32. The first-order valence-electron chi connectivity index (χ1n) is 12.2. The number of nitrogens with two attached hydrogens (primary N) is 1. The number of nitrogens with zero attached hydrogens (tertiary/aromatic N) is 2. The summed E-state index contributed by atoms with van der Waals surface area (Å²) in [5, 5.41) is 9.48. The van der Waals surface area contributed by atoms with E-state index in [1.54, 1.807) is 52.2 Å². The molecule has 3 aromatic rings. The van der Waals surface area contributed by atoms with E-state index >= 15 is 0 Å². The molecule has 1 aliphatic rings. The molecule has 0 bridgehead atoms. The lowest BCUT2D eigenvalue weighted by Gasteiger charge is -2.35. The number of piperidine rings is 1. The minimum Gasteiger partial charge on any atom is -0.481 e. The smallest absolute Gasteiger partial charge is 0.303 e. The number of fused-ring (bicyclic) bond motifs is 1. The van der Waals surface area contributed by atoms with Crippen LogP contribution in [-0.2, 0) is 26.2 Å². The topological polar surface area (TPSA) is 151 Å². The Balaban J connectivity index is 1.53. The summed E-state index contributed by atoms with van der Waals surface area (Å²) in [6.07, 6.45) is 6.83. The first-order valence-corrected chi connectivity index (χ1v) is 13.7. The van der Waals surface area contributed by atoms with Crippen molar-refractivity contribution in [2.45, 2.75) is 56.0 Å². The number of H-pyrrole nitrogens is 1. The number of hydrogen-bond donors (Lipinski definition) is 4. The van der Waals surface area contributed by atoms with Gasteiger partial charge in [-0.1, -0.05) is 6.07 Å². The van der Waals surface area contributed by atoms with Crippen LogP contribution in [0, 0.1) is 5.92 Å². The number of sulfonamides is 1. The normalized spacial score (nSPS) is 17.3. The van der Waals surface area contributed by atoms with Crippen molar-refractivity contribution in [2.75, 3.05) is 18.8 Å². The summed E-state index contributed by atoms with van der Waals surface area (Å²) >= 11 is 0. The van der Waals surface area contributed by atoms with E-state index in [0.717, 1.165) is 19.3 Å². The van der Waals surface area contributed by atoms with E-state index in [9.17, 15) is 18.0 Å². The number of aromatic amines is 1. The van der Waals surface area contributed by atoms with E-state index in [0.29, 0.717) is 42.8 Å². The SMILES string of the molecule is Nc1cccn1CCC(NS(=O)(=O)c1cccc2[nH]ccc12)C(=O)N1CCCC(CCCC(=O)O)C1. The highest BCUT2D eigenvalue weighted by atomic mass is 32.2. The van der Waals surface area contributed by atoms with Crippen LogP contribution in [0.1, 0.15) is 38.5 Å². The third-order valence-electron chi connectivity index (χ3n) is 6.80. The molecule has 11 heteroatoms. The molecular weight excluding hydrogens is 482 g/mol. The molecule has 36 heavy (non-hydrogen) atoms. The molecule has 3 heterocycles. The average Bonchev–Trinajstić information content (AvgIpc) is 3.49. The van der Waals surface area contributed by atoms with Gasteiger partial charge >= 0.3 is 5.97 Å². The Bertz CT molecular complexity index is 1320. The lowest BCUT2D eigenvalue weighted by molar-refractivity contribution is -0.138. The summed E-state index contributed by atoms with van der Waals surface area (Å²) in [5.74, 6) is -0.353. The summed E-state index contributed by atoms with van der Waals surface area (Å²) < 4.78 is 31.4. The molecular formula is C25H33N5O5S. The molecule has 1 fully saturated rings. The lowest BCUT2D eigenvalue weighted by atomic mass is 9.92. The number of anilines is 1. The van der Waals surface area contributed by atoms with Crippen LogP contribution < -0.4 is 10.5 Å². The van der Waals surface area contributed by atoms with Crippen molar-refractivity contribution in [3.05, 3.63) is 48.8 Å². The van der Waals surface area contributed by atoms with Gasteiger partial charge in [-0.25, -0.2) is 8.42 Å². The third kappa shape index (κ3) is 6.08. The summed E-state index contributed by atoms with van der Waals surface area (Å²) in [4.78, 5) is 29.4. The highest BCUT2D eigenvalue weighted by Crippen LogP contribution is 2.25. The maximum Gasteiger partial charge on any atom is 0.303 e. The number of amides is 1. The van der Waals surface area contributed by atoms with Crippen LogP contribution in [0.3, 0.4) is 0 Å². The van der Waals surface area contributed by atoms with Crippen molar-refractivity contribution in [1.82, 2.24) is 19.2 Å². The van der Waals surface area contributed by atoms with Crippen LogP contribution in [0.15, 0.2) is 53.7 Å². The Labute approximate surface area is 210 Å². The number of nitrogens with one attached hydrogen (secondary N) is 2. The van der Waals surface area contributed by atoms with E-state index < -0.39 is 22.0 Å². The van der Waals surface area contributed by atoms with Gasteiger partial charge in [0.05, 0.1) is 4.90 Å². The molecule has 10 nitrogen and oxygen atoms in total. The molecule has 1 aromatic carbocycles. The van der Waals surface area contributed by atoms with Gasteiger partial charge in [0.2, 0.25) is 15.9 Å². The zero-order valence-corrected chi connectivity index (χ0v) is 20.9. The molecule has 2 unspecified atom stereocenters. The lowest BCUT2D eigenvalue weighted by Crippen LogP contribution is -2.51. The van der Waals surface area contributed by atoms with Gasteiger partial charge in [0.15, 0.2) is 0 Å². The van der Waals surface area contributed by atoms with Gasteiger partial charge in [0.25, 0.3) is 0 Å². The number of aliphatic carboxylic acids is 1. The predicted octanol–water partition coefficient (Wildman–Crippen LogP) is 2.78. The summed E-state index contributed by atoms with van der Waals surface area (Å²) in [6.45, 7) is 1.42. The second-order valence-electron chi connectivity index (χ2n) is 9.36. The van der Waals surface area contributed by atoms with Crippen LogP contribution in [0.2, 0.25) is 0 Å². The van der Waals surface area contributed by atoms with Gasteiger partial charge in [-0.2, -0.15) is 4.72 Å². The number of benzene rings is 1. The van der Waals surface area contributed by atoms with Crippen molar-refractivity contribution < 1.29 is 23.1 Å². The van der Waals surface area contributed by atoms with E-state index in [-0.39, 0.29) is 29.6 Å².